The number of rotatable bonds is 17. The van der Waals surface area contributed by atoms with Gasteiger partial charge in [-0.1, -0.05) is 64.7 Å². The van der Waals surface area contributed by atoms with E-state index < -0.39 is 8.80 Å². The fraction of sp³-hybridized carbons (Fsp3) is 1.00. The first kappa shape index (κ1) is 25.6. The van der Waals surface area contributed by atoms with Crippen molar-refractivity contribution in [2.24, 2.45) is 0 Å². The lowest BCUT2D eigenvalue weighted by Crippen LogP contribution is -2.45. The molecule has 0 rings (SSSR count). The summed E-state index contributed by atoms with van der Waals surface area (Å²) in [6, 6.07) is 0.971. The highest BCUT2D eigenvalue weighted by atomic mass is 28.4. The molecule has 0 atom stereocenters. The highest BCUT2D eigenvalue weighted by Gasteiger charge is 2.39. The SMILES string of the molecule is CCCCCCCCCCCC[Si](OCC)(OCC)OCC.[Si]. The Bertz CT molecular complexity index is 211. The van der Waals surface area contributed by atoms with Crippen LogP contribution in [0.1, 0.15) is 91.9 Å². The number of hydrogen-bond donors (Lipinski definition) is 0. The molecule has 5 heteroatoms. The van der Waals surface area contributed by atoms with E-state index >= 15 is 0 Å². The van der Waals surface area contributed by atoms with Gasteiger partial charge in [0, 0.05) is 36.8 Å². The van der Waals surface area contributed by atoms with E-state index in [1.807, 2.05) is 20.8 Å². The predicted molar refractivity (Wildman–Crippen MR) is 103 cm³/mol. The van der Waals surface area contributed by atoms with Gasteiger partial charge in [-0.05, 0) is 27.2 Å². The molecule has 0 aliphatic heterocycles. The normalized spacial score (nSPS) is 11.5. The van der Waals surface area contributed by atoms with Gasteiger partial charge >= 0.3 is 8.80 Å². The largest absolute Gasteiger partial charge is 0.500 e. The standard InChI is InChI=1S/C18H40O3Si.Si/c1-5-9-10-11-12-13-14-15-16-17-18-22(19-6-2,20-7-3)21-8-4;/h5-18H2,1-4H3;. The lowest BCUT2D eigenvalue weighted by molar-refractivity contribution is 0.0706. The van der Waals surface area contributed by atoms with Crippen LogP contribution in [0, 0.1) is 0 Å². The third-order valence-electron chi connectivity index (χ3n) is 3.93. The Kier molecular flexibility index (Phi) is 20.7. The molecule has 0 spiro atoms. The summed E-state index contributed by atoms with van der Waals surface area (Å²) in [5.74, 6) is 0. The minimum Gasteiger partial charge on any atom is -0.374 e. The predicted octanol–water partition coefficient (Wildman–Crippen LogP) is 5.57. The van der Waals surface area contributed by atoms with E-state index in [-0.39, 0.29) is 11.0 Å². The zero-order chi connectivity index (χ0) is 16.5. The van der Waals surface area contributed by atoms with Crippen LogP contribution in [0.4, 0.5) is 0 Å². The van der Waals surface area contributed by atoms with Crippen LogP contribution in [-0.2, 0) is 13.3 Å². The molecule has 0 aromatic carbocycles. The highest BCUT2D eigenvalue weighted by molar-refractivity contribution is 6.60. The molecule has 0 fully saturated rings. The van der Waals surface area contributed by atoms with Crippen molar-refractivity contribution in [2.75, 3.05) is 19.8 Å². The average molecular weight is 361 g/mol. The van der Waals surface area contributed by atoms with Crippen LogP contribution >= 0.6 is 0 Å². The maximum absolute atomic E-state index is 5.89. The average Bonchev–Trinajstić information content (AvgIpc) is 2.50. The van der Waals surface area contributed by atoms with Crippen molar-refractivity contribution in [3.05, 3.63) is 0 Å². The zero-order valence-corrected chi connectivity index (χ0v) is 18.1. The van der Waals surface area contributed by atoms with Gasteiger partial charge in [-0.2, -0.15) is 0 Å². The Labute approximate surface area is 151 Å². The molecule has 0 aromatic rings. The molecule has 0 N–H and O–H groups in total. The van der Waals surface area contributed by atoms with Gasteiger partial charge in [-0.15, -0.1) is 0 Å². The number of hydrogen-bond acceptors (Lipinski definition) is 3. The molecule has 4 radical (unpaired) electrons. The molecular weight excluding hydrogens is 320 g/mol. The first-order valence-electron chi connectivity index (χ1n) is 9.66. The van der Waals surface area contributed by atoms with Gasteiger partial charge in [0.15, 0.2) is 0 Å². The van der Waals surface area contributed by atoms with Gasteiger partial charge in [-0.25, -0.2) is 0 Å². The lowest BCUT2D eigenvalue weighted by atomic mass is 10.1. The maximum Gasteiger partial charge on any atom is 0.500 e. The molecular formula is C18H40O3Si2. The summed E-state index contributed by atoms with van der Waals surface area (Å²) in [5, 5.41) is 0. The molecule has 0 aliphatic carbocycles. The van der Waals surface area contributed by atoms with E-state index in [1.165, 1.54) is 64.2 Å². The summed E-state index contributed by atoms with van der Waals surface area (Å²) in [6.45, 7) is 10.4. The van der Waals surface area contributed by atoms with E-state index in [9.17, 15) is 0 Å². The Balaban J connectivity index is 0. The Morgan fingerprint density at radius 2 is 0.870 bits per heavy atom. The van der Waals surface area contributed by atoms with Crippen LogP contribution < -0.4 is 0 Å². The second kappa shape index (κ2) is 18.6. The van der Waals surface area contributed by atoms with Gasteiger partial charge in [0.2, 0.25) is 0 Å². The third-order valence-corrected chi connectivity index (χ3v) is 7.08. The van der Waals surface area contributed by atoms with Crippen LogP contribution in [-0.4, -0.2) is 39.6 Å². The van der Waals surface area contributed by atoms with E-state index in [0.717, 1.165) is 6.04 Å². The molecule has 138 valence electrons. The van der Waals surface area contributed by atoms with Gasteiger partial charge in [0.25, 0.3) is 0 Å². The van der Waals surface area contributed by atoms with E-state index in [2.05, 4.69) is 6.92 Å². The molecule has 0 aliphatic rings. The van der Waals surface area contributed by atoms with E-state index in [4.69, 9.17) is 13.3 Å². The Morgan fingerprint density at radius 1 is 0.522 bits per heavy atom. The molecule has 3 nitrogen and oxygen atoms in total. The van der Waals surface area contributed by atoms with Crippen LogP contribution in [0.3, 0.4) is 0 Å². The van der Waals surface area contributed by atoms with Crippen LogP contribution in [0.25, 0.3) is 0 Å². The molecule has 0 saturated heterocycles. The molecule has 0 heterocycles. The van der Waals surface area contributed by atoms with Crippen molar-refractivity contribution in [1.29, 1.82) is 0 Å². The molecule has 23 heavy (non-hydrogen) atoms. The van der Waals surface area contributed by atoms with Crippen molar-refractivity contribution in [2.45, 2.75) is 97.9 Å². The minimum atomic E-state index is -2.39. The summed E-state index contributed by atoms with van der Waals surface area (Å²) in [6.07, 6.45) is 13.5. The van der Waals surface area contributed by atoms with Crippen molar-refractivity contribution < 1.29 is 13.3 Å². The Hall–Kier alpha value is 0.314. The van der Waals surface area contributed by atoms with E-state index in [1.54, 1.807) is 0 Å². The summed E-state index contributed by atoms with van der Waals surface area (Å²) < 4.78 is 17.7. The summed E-state index contributed by atoms with van der Waals surface area (Å²) in [4.78, 5) is 0. The Morgan fingerprint density at radius 3 is 1.22 bits per heavy atom. The van der Waals surface area contributed by atoms with Crippen LogP contribution in [0.15, 0.2) is 0 Å². The second-order valence-electron chi connectivity index (χ2n) is 5.91. The highest BCUT2D eigenvalue weighted by Crippen LogP contribution is 2.20. The van der Waals surface area contributed by atoms with Gasteiger partial charge in [0.1, 0.15) is 0 Å². The smallest absolute Gasteiger partial charge is 0.374 e. The van der Waals surface area contributed by atoms with Gasteiger partial charge in [0.05, 0.1) is 0 Å². The summed E-state index contributed by atoms with van der Waals surface area (Å²) >= 11 is 0. The third kappa shape index (κ3) is 14.4. The fourth-order valence-electron chi connectivity index (χ4n) is 2.83. The zero-order valence-electron chi connectivity index (χ0n) is 16.1. The van der Waals surface area contributed by atoms with Gasteiger partial charge < -0.3 is 13.3 Å². The molecule has 0 bridgehead atoms. The first-order chi connectivity index (χ1) is 10.7. The summed E-state index contributed by atoms with van der Waals surface area (Å²) in [5.41, 5.74) is 0. The topological polar surface area (TPSA) is 27.7 Å². The quantitative estimate of drug-likeness (QED) is 0.250. The molecule has 0 amide bonds. The minimum absolute atomic E-state index is 0. The summed E-state index contributed by atoms with van der Waals surface area (Å²) in [7, 11) is -2.39. The van der Waals surface area contributed by atoms with Crippen molar-refractivity contribution in [3.8, 4) is 0 Å². The molecule has 0 aromatic heterocycles. The van der Waals surface area contributed by atoms with Gasteiger partial charge in [-0.3, -0.25) is 0 Å². The van der Waals surface area contributed by atoms with Crippen molar-refractivity contribution in [1.82, 2.24) is 0 Å². The second-order valence-corrected chi connectivity index (χ2v) is 8.65. The number of unbranched alkanes of at least 4 members (excludes halogenated alkanes) is 9. The first-order valence-corrected chi connectivity index (χ1v) is 11.6. The lowest BCUT2D eigenvalue weighted by Gasteiger charge is -2.28. The maximum atomic E-state index is 5.89. The fourth-order valence-corrected chi connectivity index (χ4v) is 5.52. The van der Waals surface area contributed by atoms with E-state index in [0.29, 0.717) is 19.8 Å². The van der Waals surface area contributed by atoms with Crippen LogP contribution in [0.5, 0.6) is 0 Å². The van der Waals surface area contributed by atoms with Crippen molar-refractivity contribution >= 4 is 19.8 Å². The van der Waals surface area contributed by atoms with Crippen molar-refractivity contribution in [3.63, 3.8) is 0 Å². The monoisotopic (exact) mass is 360 g/mol. The molecule has 0 saturated carbocycles. The van der Waals surface area contributed by atoms with Crippen LogP contribution in [0.2, 0.25) is 6.04 Å². The molecule has 0 unspecified atom stereocenters.